The third kappa shape index (κ3) is 9.33. The van der Waals surface area contributed by atoms with Crippen molar-refractivity contribution in [3.05, 3.63) is 59.7 Å². The molecule has 2 rings (SSSR count). The van der Waals surface area contributed by atoms with Crippen molar-refractivity contribution in [3.63, 3.8) is 0 Å². The van der Waals surface area contributed by atoms with Crippen molar-refractivity contribution in [1.82, 2.24) is 0 Å². The smallest absolute Gasteiger partial charge is 0.127 e. The second kappa shape index (κ2) is 14.8. The van der Waals surface area contributed by atoms with Crippen LogP contribution in [-0.2, 0) is 4.84 Å². The normalized spacial score (nSPS) is 11.1. The Balaban J connectivity index is 1.65. The predicted molar refractivity (Wildman–Crippen MR) is 129 cm³/mol. The maximum absolute atomic E-state index is 6.04. The minimum absolute atomic E-state index is 0.349. The highest BCUT2D eigenvalue weighted by atomic mass is 16.6. The Morgan fingerprint density at radius 1 is 0.781 bits per heavy atom. The minimum atomic E-state index is 0.349. The predicted octanol–water partition coefficient (Wildman–Crippen LogP) is 5.90. The van der Waals surface area contributed by atoms with E-state index in [2.05, 4.69) is 23.8 Å². The monoisotopic (exact) mass is 441 g/mol. The molecule has 0 spiro atoms. The largest absolute Gasteiger partial charge is 0.493 e. The fraction of sp³-hybridized carbons (Fsp3) is 0.423. The highest BCUT2D eigenvalue weighted by Gasteiger charge is 2.07. The van der Waals surface area contributed by atoms with Crippen LogP contribution in [0.4, 0.5) is 0 Å². The first-order valence-corrected chi connectivity index (χ1v) is 11.0. The Labute approximate surface area is 191 Å². The zero-order valence-electron chi connectivity index (χ0n) is 19.6. The van der Waals surface area contributed by atoms with Gasteiger partial charge in [-0.25, -0.2) is 0 Å². The van der Waals surface area contributed by atoms with Gasteiger partial charge in [-0.2, -0.15) is 0 Å². The van der Waals surface area contributed by atoms with Crippen molar-refractivity contribution in [3.8, 4) is 23.0 Å². The Morgan fingerprint density at radius 3 is 2.12 bits per heavy atom. The Hall–Kier alpha value is -3.15. The van der Waals surface area contributed by atoms with E-state index in [-0.39, 0.29) is 0 Å². The van der Waals surface area contributed by atoms with Gasteiger partial charge in [-0.05, 0) is 75.4 Å². The van der Waals surface area contributed by atoms with Gasteiger partial charge in [-0.3, -0.25) is 0 Å². The molecular weight excluding hydrogens is 406 g/mol. The van der Waals surface area contributed by atoms with Gasteiger partial charge in [-0.15, -0.1) is 0 Å². The molecule has 0 fully saturated rings. The van der Waals surface area contributed by atoms with Crippen molar-refractivity contribution in [2.45, 2.75) is 40.0 Å². The Kier molecular flexibility index (Phi) is 11.6. The number of nitrogens with zero attached hydrogens (tertiary/aromatic N) is 1. The van der Waals surface area contributed by atoms with Crippen LogP contribution in [0.2, 0.25) is 0 Å². The zero-order valence-corrected chi connectivity index (χ0v) is 19.6. The fourth-order valence-corrected chi connectivity index (χ4v) is 3.10. The highest BCUT2D eigenvalue weighted by Crippen LogP contribution is 2.28. The van der Waals surface area contributed by atoms with E-state index >= 15 is 0 Å². The maximum Gasteiger partial charge on any atom is 0.127 e. The second-order valence-electron chi connectivity index (χ2n) is 7.28. The second-order valence-corrected chi connectivity index (χ2v) is 7.28. The molecule has 0 atom stereocenters. The lowest BCUT2D eigenvalue weighted by atomic mass is 10.1. The van der Waals surface area contributed by atoms with E-state index in [9.17, 15) is 0 Å². The summed E-state index contributed by atoms with van der Waals surface area (Å²) >= 11 is 0. The number of hydrogen-bond acceptors (Lipinski definition) is 6. The van der Waals surface area contributed by atoms with E-state index in [1.54, 1.807) is 6.21 Å². The SMILES string of the molecule is C/C=C/COc1cc(C)c(OCCCCCOc2cccc(OC/C=N/OC)c2)c(C)c1. The van der Waals surface area contributed by atoms with Crippen molar-refractivity contribution < 1.29 is 23.8 Å². The summed E-state index contributed by atoms with van der Waals surface area (Å²) in [5, 5.41) is 3.64. The Bertz CT molecular complexity index is 840. The van der Waals surface area contributed by atoms with Crippen LogP contribution >= 0.6 is 0 Å². The van der Waals surface area contributed by atoms with Crippen molar-refractivity contribution in [1.29, 1.82) is 0 Å². The number of unbranched alkanes of at least 4 members (excludes halogenated alkanes) is 2. The molecule has 0 saturated heterocycles. The molecule has 0 unspecified atom stereocenters. The van der Waals surface area contributed by atoms with Crippen LogP contribution in [0.25, 0.3) is 0 Å². The van der Waals surface area contributed by atoms with Crippen LogP contribution in [0, 0.1) is 13.8 Å². The topological polar surface area (TPSA) is 58.5 Å². The maximum atomic E-state index is 6.04. The van der Waals surface area contributed by atoms with Gasteiger partial charge in [0.2, 0.25) is 0 Å². The fourth-order valence-electron chi connectivity index (χ4n) is 3.10. The number of benzene rings is 2. The van der Waals surface area contributed by atoms with Crippen LogP contribution in [0.15, 0.2) is 53.7 Å². The minimum Gasteiger partial charge on any atom is -0.493 e. The lowest BCUT2D eigenvalue weighted by Gasteiger charge is -2.14. The van der Waals surface area contributed by atoms with Crippen LogP contribution in [-0.4, -0.2) is 39.8 Å². The van der Waals surface area contributed by atoms with Crippen molar-refractivity contribution in [2.24, 2.45) is 5.16 Å². The van der Waals surface area contributed by atoms with Crippen LogP contribution in [0.3, 0.4) is 0 Å². The summed E-state index contributed by atoms with van der Waals surface area (Å²) in [6.45, 7) is 8.37. The standard InChI is InChI=1S/C26H35NO5/c1-5-6-14-30-25-18-21(2)26(22(3)19-25)32-16-9-7-8-15-29-23-11-10-12-24(20-23)31-17-13-27-28-4/h5-6,10-13,18-20H,7-9,14-17H2,1-4H3/b6-5+,27-13+. The molecule has 2 aromatic carbocycles. The first-order valence-electron chi connectivity index (χ1n) is 11.0. The molecule has 0 N–H and O–H groups in total. The van der Waals surface area contributed by atoms with Gasteiger partial charge in [0.25, 0.3) is 0 Å². The van der Waals surface area contributed by atoms with Crippen molar-refractivity contribution >= 4 is 6.21 Å². The van der Waals surface area contributed by atoms with Gasteiger partial charge in [-0.1, -0.05) is 23.4 Å². The average molecular weight is 442 g/mol. The molecule has 32 heavy (non-hydrogen) atoms. The third-order valence-corrected chi connectivity index (χ3v) is 4.63. The molecule has 0 bridgehead atoms. The molecule has 0 saturated carbocycles. The summed E-state index contributed by atoms with van der Waals surface area (Å²) in [5.41, 5.74) is 2.19. The molecule has 0 aliphatic carbocycles. The molecule has 6 heteroatoms. The highest BCUT2D eigenvalue weighted by molar-refractivity contribution is 5.58. The first kappa shape index (κ1) is 25.1. The lowest BCUT2D eigenvalue weighted by Crippen LogP contribution is -2.04. The molecule has 0 aliphatic heterocycles. The quantitative estimate of drug-likeness (QED) is 0.149. The van der Waals surface area contributed by atoms with Crippen molar-refractivity contribution in [2.75, 3.05) is 33.5 Å². The van der Waals surface area contributed by atoms with Crippen LogP contribution in [0.5, 0.6) is 23.0 Å². The van der Waals surface area contributed by atoms with Gasteiger partial charge < -0.3 is 23.8 Å². The molecule has 174 valence electrons. The van der Waals surface area contributed by atoms with Gasteiger partial charge in [0.15, 0.2) is 0 Å². The van der Waals surface area contributed by atoms with Gasteiger partial charge in [0.1, 0.15) is 43.3 Å². The summed E-state index contributed by atoms with van der Waals surface area (Å²) in [6.07, 6.45) is 8.50. The Morgan fingerprint density at radius 2 is 1.44 bits per heavy atom. The van der Waals surface area contributed by atoms with E-state index in [1.165, 1.54) is 7.11 Å². The van der Waals surface area contributed by atoms with Crippen LogP contribution in [0.1, 0.15) is 37.3 Å². The van der Waals surface area contributed by atoms with Crippen LogP contribution < -0.4 is 18.9 Å². The average Bonchev–Trinajstić information content (AvgIpc) is 2.78. The third-order valence-electron chi connectivity index (χ3n) is 4.63. The van der Waals surface area contributed by atoms with E-state index in [1.807, 2.05) is 55.5 Å². The van der Waals surface area contributed by atoms with E-state index < -0.39 is 0 Å². The first-order chi connectivity index (χ1) is 15.6. The molecule has 0 radical (unpaired) electrons. The van der Waals surface area contributed by atoms with E-state index in [4.69, 9.17) is 18.9 Å². The molecule has 0 aromatic heterocycles. The number of oxime groups is 1. The molecule has 0 amide bonds. The molecule has 0 heterocycles. The summed E-state index contributed by atoms with van der Waals surface area (Å²) in [5.74, 6) is 3.36. The number of allylic oxidation sites excluding steroid dienone is 1. The van der Waals surface area contributed by atoms with E-state index in [0.717, 1.165) is 53.4 Å². The molecule has 2 aromatic rings. The van der Waals surface area contributed by atoms with E-state index in [0.29, 0.717) is 26.4 Å². The molecule has 6 nitrogen and oxygen atoms in total. The van der Waals surface area contributed by atoms with Gasteiger partial charge in [0, 0.05) is 6.07 Å². The lowest BCUT2D eigenvalue weighted by molar-refractivity contribution is 0.212. The van der Waals surface area contributed by atoms with Gasteiger partial charge in [0.05, 0.1) is 19.4 Å². The molecular formula is C26H35NO5. The summed E-state index contributed by atoms with van der Waals surface area (Å²) in [6, 6.07) is 11.7. The number of rotatable bonds is 15. The number of aryl methyl sites for hydroxylation is 2. The summed E-state index contributed by atoms with van der Waals surface area (Å²) in [7, 11) is 1.50. The molecule has 0 aliphatic rings. The number of hydrogen-bond donors (Lipinski definition) is 0. The number of ether oxygens (including phenoxy) is 4. The zero-order chi connectivity index (χ0) is 23.0. The summed E-state index contributed by atoms with van der Waals surface area (Å²) < 4.78 is 23.2. The summed E-state index contributed by atoms with van der Waals surface area (Å²) in [4.78, 5) is 4.60. The van der Waals surface area contributed by atoms with Gasteiger partial charge >= 0.3 is 0 Å².